The van der Waals surface area contributed by atoms with Crippen LogP contribution in [0.5, 0.6) is 0 Å². The number of carbonyl (C=O) groups is 2. The van der Waals surface area contributed by atoms with Crippen molar-refractivity contribution < 1.29 is 14.3 Å². The van der Waals surface area contributed by atoms with Crippen LogP contribution < -0.4 is 10.6 Å². The molecule has 0 aromatic heterocycles. The average molecular weight is 386 g/mol. The first-order valence-corrected chi connectivity index (χ1v) is 10.4. The first kappa shape index (κ1) is 20.6. The Balaban J connectivity index is 1.43. The molecule has 1 saturated heterocycles. The third kappa shape index (κ3) is 6.46. The molecule has 1 aromatic carbocycles. The Labute approximate surface area is 167 Å². The van der Waals surface area contributed by atoms with E-state index in [0.29, 0.717) is 24.2 Å². The van der Waals surface area contributed by atoms with Crippen molar-refractivity contribution in [1.82, 2.24) is 15.5 Å². The van der Waals surface area contributed by atoms with E-state index in [2.05, 4.69) is 21.6 Å². The van der Waals surface area contributed by atoms with Gasteiger partial charge in [-0.3, -0.25) is 14.5 Å². The summed E-state index contributed by atoms with van der Waals surface area (Å²) < 4.78 is 5.32. The van der Waals surface area contributed by atoms with Crippen molar-refractivity contribution >= 4 is 11.8 Å². The van der Waals surface area contributed by atoms with E-state index in [1.807, 2.05) is 0 Å². The summed E-state index contributed by atoms with van der Waals surface area (Å²) in [5.74, 6) is -0.269. The monoisotopic (exact) mass is 385 g/mol. The molecule has 0 atom stereocenters. The van der Waals surface area contributed by atoms with E-state index in [-0.39, 0.29) is 11.8 Å². The number of hydrogen-bond acceptors (Lipinski definition) is 4. The number of morpholine rings is 1. The average Bonchev–Trinajstić information content (AvgIpc) is 2.75. The van der Waals surface area contributed by atoms with Crippen molar-refractivity contribution in [2.45, 2.75) is 32.1 Å². The number of allylic oxidation sites excluding steroid dienone is 1. The molecule has 0 bridgehead atoms. The fourth-order valence-electron chi connectivity index (χ4n) is 3.63. The van der Waals surface area contributed by atoms with Gasteiger partial charge in [0.15, 0.2) is 0 Å². The molecular formula is C22H31N3O3. The molecule has 2 amide bonds. The standard InChI is InChI=1S/C22H31N3O3/c26-21(23-10-9-18-5-2-1-3-6-18)19-7-4-8-20(17-19)22(27)24-11-12-25-13-15-28-16-14-25/h4-5,7-8,17H,1-3,6,9-16H2,(H,23,26)(H,24,27). The van der Waals surface area contributed by atoms with E-state index in [0.717, 1.165) is 52.1 Å². The summed E-state index contributed by atoms with van der Waals surface area (Å²) in [6, 6.07) is 6.92. The van der Waals surface area contributed by atoms with Crippen LogP contribution in [0.2, 0.25) is 0 Å². The lowest BCUT2D eigenvalue weighted by Gasteiger charge is -2.26. The van der Waals surface area contributed by atoms with Gasteiger partial charge in [-0.25, -0.2) is 0 Å². The van der Waals surface area contributed by atoms with Gasteiger partial charge in [0.25, 0.3) is 11.8 Å². The Hall–Kier alpha value is -2.18. The molecule has 152 valence electrons. The summed E-state index contributed by atoms with van der Waals surface area (Å²) >= 11 is 0. The number of hydrogen-bond donors (Lipinski definition) is 2. The van der Waals surface area contributed by atoms with Crippen molar-refractivity contribution in [2.24, 2.45) is 0 Å². The van der Waals surface area contributed by atoms with E-state index < -0.39 is 0 Å². The van der Waals surface area contributed by atoms with Crippen LogP contribution in [0, 0.1) is 0 Å². The molecule has 0 radical (unpaired) electrons. The van der Waals surface area contributed by atoms with Crippen LogP contribution >= 0.6 is 0 Å². The second-order valence-corrected chi connectivity index (χ2v) is 7.40. The molecule has 1 heterocycles. The zero-order chi connectivity index (χ0) is 19.6. The zero-order valence-corrected chi connectivity index (χ0v) is 16.5. The Morgan fingerprint density at radius 1 is 1.00 bits per heavy atom. The van der Waals surface area contributed by atoms with Gasteiger partial charge in [-0.2, -0.15) is 0 Å². The van der Waals surface area contributed by atoms with E-state index in [9.17, 15) is 9.59 Å². The second-order valence-electron chi connectivity index (χ2n) is 7.40. The summed E-state index contributed by atoms with van der Waals surface area (Å²) in [6.45, 7) is 5.35. The largest absolute Gasteiger partial charge is 0.379 e. The highest BCUT2D eigenvalue weighted by molar-refractivity contribution is 5.99. The van der Waals surface area contributed by atoms with Crippen molar-refractivity contribution in [2.75, 3.05) is 45.9 Å². The van der Waals surface area contributed by atoms with Crippen LogP contribution in [0.4, 0.5) is 0 Å². The van der Waals surface area contributed by atoms with Gasteiger partial charge in [0.2, 0.25) is 0 Å². The van der Waals surface area contributed by atoms with Gasteiger partial charge < -0.3 is 15.4 Å². The molecule has 3 rings (SSSR count). The maximum absolute atomic E-state index is 12.4. The molecule has 2 N–H and O–H groups in total. The molecule has 0 spiro atoms. The Morgan fingerprint density at radius 2 is 1.71 bits per heavy atom. The smallest absolute Gasteiger partial charge is 0.251 e. The van der Waals surface area contributed by atoms with Gasteiger partial charge in [0, 0.05) is 43.9 Å². The molecule has 1 fully saturated rings. The third-order valence-corrected chi connectivity index (χ3v) is 5.32. The van der Waals surface area contributed by atoms with Crippen molar-refractivity contribution in [3.8, 4) is 0 Å². The van der Waals surface area contributed by atoms with Crippen molar-refractivity contribution in [3.05, 3.63) is 47.0 Å². The maximum atomic E-state index is 12.4. The van der Waals surface area contributed by atoms with Gasteiger partial charge in [-0.1, -0.05) is 17.7 Å². The molecule has 0 unspecified atom stereocenters. The minimum Gasteiger partial charge on any atom is -0.379 e. The molecule has 0 saturated carbocycles. The van der Waals surface area contributed by atoms with E-state index >= 15 is 0 Å². The fourth-order valence-corrected chi connectivity index (χ4v) is 3.63. The Bertz CT molecular complexity index is 696. The van der Waals surface area contributed by atoms with Gasteiger partial charge >= 0.3 is 0 Å². The summed E-state index contributed by atoms with van der Waals surface area (Å²) in [4.78, 5) is 27.1. The summed E-state index contributed by atoms with van der Waals surface area (Å²) in [7, 11) is 0. The highest BCUT2D eigenvalue weighted by Gasteiger charge is 2.13. The fraction of sp³-hybridized carbons (Fsp3) is 0.545. The van der Waals surface area contributed by atoms with Crippen LogP contribution in [0.15, 0.2) is 35.9 Å². The first-order chi connectivity index (χ1) is 13.7. The summed E-state index contributed by atoms with van der Waals surface area (Å²) in [5, 5.41) is 5.91. The first-order valence-electron chi connectivity index (χ1n) is 10.4. The number of rotatable bonds is 8. The van der Waals surface area contributed by atoms with Crippen LogP contribution in [0.25, 0.3) is 0 Å². The van der Waals surface area contributed by atoms with E-state index in [4.69, 9.17) is 4.74 Å². The normalized spacial score (nSPS) is 17.6. The van der Waals surface area contributed by atoms with Gasteiger partial charge in [0.05, 0.1) is 13.2 Å². The van der Waals surface area contributed by atoms with Gasteiger partial charge in [-0.15, -0.1) is 0 Å². The van der Waals surface area contributed by atoms with Crippen molar-refractivity contribution in [1.29, 1.82) is 0 Å². The van der Waals surface area contributed by atoms with Crippen LogP contribution in [0.3, 0.4) is 0 Å². The quantitative estimate of drug-likeness (QED) is 0.674. The molecule has 2 aliphatic rings. The molecule has 1 aliphatic carbocycles. The van der Waals surface area contributed by atoms with Crippen molar-refractivity contribution in [3.63, 3.8) is 0 Å². The lowest BCUT2D eigenvalue weighted by atomic mass is 9.97. The topological polar surface area (TPSA) is 70.7 Å². The summed E-state index contributed by atoms with van der Waals surface area (Å²) in [6.07, 6.45) is 8.05. The van der Waals surface area contributed by atoms with Gasteiger partial charge in [-0.05, 0) is 50.3 Å². The molecule has 1 aliphatic heterocycles. The lowest BCUT2D eigenvalue weighted by Crippen LogP contribution is -2.41. The number of nitrogens with one attached hydrogen (secondary N) is 2. The third-order valence-electron chi connectivity index (χ3n) is 5.32. The number of amides is 2. The minimum absolute atomic E-state index is 0.126. The minimum atomic E-state index is -0.143. The number of carbonyl (C=O) groups excluding carboxylic acids is 2. The lowest BCUT2D eigenvalue weighted by molar-refractivity contribution is 0.0383. The highest BCUT2D eigenvalue weighted by atomic mass is 16.5. The maximum Gasteiger partial charge on any atom is 0.251 e. The molecular weight excluding hydrogens is 354 g/mol. The number of benzene rings is 1. The second kappa shape index (κ2) is 11.0. The highest BCUT2D eigenvalue weighted by Crippen LogP contribution is 2.19. The molecule has 28 heavy (non-hydrogen) atoms. The van der Waals surface area contributed by atoms with E-state index in [1.54, 1.807) is 24.3 Å². The van der Waals surface area contributed by atoms with E-state index in [1.165, 1.54) is 18.4 Å². The molecule has 1 aromatic rings. The Morgan fingerprint density at radius 3 is 2.39 bits per heavy atom. The SMILES string of the molecule is O=C(NCCC1=CCCCC1)c1cccc(C(=O)NCCN2CCOCC2)c1. The zero-order valence-electron chi connectivity index (χ0n) is 16.5. The predicted octanol–water partition coefficient (Wildman–Crippen LogP) is 2.37. The van der Waals surface area contributed by atoms with Crippen LogP contribution in [-0.4, -0.2) is 62.7 Å². The molecule has 6 nitrogen and oxygen atoms in total. The van der Waals surface area contributed by atoms with Gasteiger partial charge in [0.1, 0.15) is 0 Å². The van der Waals surface area contributed by atoms with Crippen LogP contribution in [0.1, 0.15) is 52.8 Å². The Kier molecular flexibility index (Phi) is 8.06. The predicted molar refractivity (Wildman–Crippen MR) is 110 cm³/mol. The van der Waals surface area contributed by atoms with Crippen LogP contribution in [-0.2, 0) is 4.74 Å². The summed E-state index contributed by atoms with van der Waals surface area (Å²) in [5.41, 5.74) is 2.49. The molecule has 6 heteroatoms. The number of ether oxygens (including phenoxy) is 1. The number of nitrogens with zero attached hydrogens (tertiary/aromatic N) is 1.